The van der Waals surface area contributed by atoms with Crippen LogP contribution in [0.15, 0.2) is 0 Å². The molecule has 0 bridgehead atoms. The van der Waals surface area contributed by atoms with Crippen LogP contribution in [0.5, 0.6) is 0 Å². The van der Waals surface area contributed by atoms with Crippen LogP contribution in [0, 0.1) is 11.3 Å². The standard InChI is InChI=1S/C15H29NO2/c1-5-15(6-2,14(17)18)11-16(13-7-8-13)10-9-12(3)4/h12-13H,5-11H2,1-4H3,(H,17,18). The van der Waals surface area contributed by atoms with E-state index < -0.39 is 11.4 Å². The molecule has 18 heavy (non-hydrogen) atoms. The van der Waals surface area contributed by atoms with Crippen molar-refractivity contribution in [1.29, 1.82) is 0 Å². The van der Waals surface area contributed by atoms with E-state index in [4.69, 9.17) is 0 Å². The average Bonchev–Trinajstić information content (AvgIpc) is 3.13. The van der Waals surface area contributed by atoms with Gasteiger partial charge in [-0.3, -0.25) is 9.69 Å². The molecular formula is C15H29NO2. The van der Waals surface area contributed by atoms with Crippen molar-refractivity contribution in [3.05, 3.63) is 0 Å². The van der Waals surface area contributed by atoms with Crippen LogP contribution in [-0.4, -0.2) is 35.1 Å². The molecule has 0 aromatic heterocycles. The van der Waals surface area contributed by atoms with Gasteiger partial charge in [0.05, 0.1) is 5.41 Å². The van der Waals surface area contributed by atoms with Crippen molar-refractivity contribution in [3.8, 4) is 0 Å². The van der Waals surface area contributed by atoms with E-state index in [0.29, 0.717) is 12.0 Å². The minimum absolute atomic E-state index is 0.542. The molecule has 1 aliphatic carbocycles. The Balaban J connectivity index is 2.65. The molecule has 0 heterocycles. The van der Waals surface area contributed by atoms with E-state index in [2.05, 4.69) is 18.7 Å². The number of rotatable bonds is 9. The third kappa shape index (κ3) is 3.98. The lowest BCUT2D eigenvalue weighted by atomic mass is 9.81. The monoisotopic (exact) mass is 255 g/mol. The van der Waals surface area contributed by atoms with E-state index in [1.165, 1.54) is 19.3 Å². The summed E-state index contributed by atoms with van der Waals surface area (Å²) in [6, 6.07) is 0.653. The first-order chi connectivity index (χ1) is 8.45. The Kier molecular flexibility index (Phi) is 5.64. The molecule has 1 saturated carbocycles. The zero-order valence-corrected chi connectivity index (χ0v) is 12.4. The summed E-state index contributed by atoms with van der Waals surface area (Å²) in [7, 11) is 0. The maximum atomic E-state index is 11.6. The summed E-state index contributed by atoms with van der Waals surface area (Å²) >= 11 is 0. The van der Waals surface area contributed by atoms with E-state index in [0.717, 1.165) is 25.9 Å². The molecule has 0 aromatic carbocycles. The van der Waals surface area contributed by atoms with Crippen molar-refractivity contribution in [2.24, 2.45) is 11.3 Å². The van der Waals surface area contributed by atoms with Gasteiger partial charge in [0.25, 0.3) is 0 Å². The Hall–Kier alpha value is -0.570. The first-order valence-electron chi connectivity index (χ1n) is 7.42. The molecule has 0 aliphatic heterocycles. The summed E-state index contributed by atoms with van der Waals surface area (Å²) in [6.07, 6.45) is 5.12. The molecule has 1 N–H and O–H groups in total. The van der Waals surface area contributed by atoms with Crippen molar-refractivity contribution < 1.29 is 9.90 Å². The van der Waals surface area contributed by atoms with Crippen LogP contribution in [-0.2, 0) is 4.79 Å². The smallest absolute Gasteiger partial charge is 0.310 e. The minimum atomic E-state index is -0.623. The number of carbonyl (C=O) groups is 1. The predicted molar refractivity (Wildman–Crippen MR) is 74.7 cm³/mol. The lowest BCUT2D eigenvalue weighted by molar-refractivity contribution is -0.151. The van der Waals surface area contributed by atoms with Gasteiger partial charge < -0.3 is 5.11 Å². The van der Waals surface area contributed by atoms with Crippen LogP contribution < -0.4 is 0 Å². The summed E-state index contributed by atoms with van der Waals surface area (Å²) < 4.78 is 0. The molecule has 1 rings (SSSR count). The quantitative estimate of drug-likeness (QED) is 0.686. The summed E-state index contributed by atoms with van der Waals surface area (Å²) in [4.78, 5) is 14.0. The van der Waals surface area contributed by atoms with Gasteiger partial charge in [-0.2, -0.15) is 0 Å². The van der Waals surface area contributed by atoms with Gasteiger partial charge in [-0.1, -0.05) is 27.7 Å². The number of carboxylic acid groups (broad SMARTS) is 1. The van der Waals surface area contributed by atoms with E-state index in [1.807, 2.05) is 13.8 Å². The Morgan fingerprint density at radius 2 is 1.89 bits per heavy atom. The third-order valence-corrected chi connectivity index (χ3v) is 4.37. The summed E-state index contributed by atoms with van der Waals surface area (Å²) in [5.41, 5.74) is -0.542. The SMILES string of the molecule is CCC(CC)(CN(CCC(C)C)C1CC1)C(=O)O. The summed E-state index contributed by atoms with van der Waals surface area (Å²) in [5.74, 6) is 0.0661. The fraction of sp³-hybridized carbons (Fsp3) is 0.933. The Morgan fingerprint density at radius 1 is 1.33 bits per heavy atom. The van der Waals surface area contributed by atoms with Crippen LogP contribution in [0.25, 0.3) is 0 Å². The summed E-state index contributed by atoms with van der Waals surface area (Å²) in [6.45, 7) is 10.3. The van der Waals surface area contributed by atoms with E-state index in [1.54, 1.807) is 0 Å². The predicted octanol–water partition coefficient (Wildman–Crippen LogP) is 3.39. The van der Waals surface area contributed by atoms with Gasteiger partial charge in [0.15, 0.2) is 0 Å². The highest BCUT2D eigenvalue weighted by Gasteiger charge is 2.40. The third-order valence-electron chi connectivity index (χ3n) is 4.37. The van der Waals surface area contributed by atoms with E-state index in [-0.39, 0.29) is 0 Å². The topological polar surface area (TPSA) is 40.5 Å². The normalized spacial score (nSPS) is 16.6. The number of hydrogen-bond acceptors (Lipinski definition) is 2. The van der Waals surface area contributed by atoms with E-state index >= 15 is 0 Å². The molecule has 1 fully saturated rings. The lowest BCUT2D eigenvalue weighted by Gasteiger charge is -2.34. The lowest BCUT2D eigenvalue weighted by Crippen LogP contribution is -2.44. The Bertz CT molecular complexity index is 268. The van der Waals surface area contributed by atoms with Gasteiger partial charge in [0.2, 0.25) is 0 Å². The first kappa shape index (κ1) is 15.5. The number of carboxylic acids is 1. The molecule has 0 radical (unpaired) electrons. The van der Waals surface area contributed by atoms with Crippen molar-refractivity contribution >= 4 is 5.97 Å². The number of hydrogen-bond donors (Lipinski definition) is 1. The fourth-order valence-electron chi connectivity index (χ4n) is 2.49. The van der Waals surface area contributed by atoms with Gasteiger partial charge >= 0.3 is 5.97 Å². The Labute approximate surface area is 112 Å². The average molecular weight is 255 g/mol. The van der Waals surface area contributed by atoms with Gasteiger partial charge in [-0.25, -0.2) is 0 Å². The molecule has 0 aromatic rings. The molecule has 0 unspecified atom stereocenters. The zero-order chi connectivity index (χ0) is 13.8. The fourth-order valence-corrected chi connectivity index (χ4v) is 2.49. The first-order valence-corrected chi connectivity index (χ1v) is 7.42. The second kappa shape index (κ2) is 6.55. The molecule has 0 atom stereocenters. The van der Waals surface area contributed by atoms with Crippen molar-refractivity contribution in [2.45, 2.75) is 65.8 Å². The number of aliphatic carboxylic acids is 1. The maximum absolute atomic E-state index is 11.6. The van der Waals surface area contributed by atoms with Crippen LogP contribution in [0.3, 0.4) is 0 Å². The molecule has 0 spiro atoms. The van der Waals surface area contributed by atoms with Gasteiger partial charge in [0.1, 0.15) is 0 Å². The minimum Gasteiger partial charge on any atom is -0.481 e. The van der Waals surface area contributed by atoms with Crippen molar-refractivity contribution in [1.82, 2.24) is 4.90 Å². The van der Waals surface area contributed by atoms with Gasteiger partial charge in [-0.05, 0) is 44.6 Å². The van der Waals surface area contributed by atoms with Gasteiger partial charge in [0, 0.05) is 12.6 Å². The Morgan fingerprint density at radius 3 is 2.22 bits per heavy atom. The molecular weight excluding hydrogens is 226 g/mol. The maximum Gasteiger partial charge on any atom is 0.310 e. The van der Waals surface area contributed by atoms with Crippen LogP contribution in [0.4, 0.5) is 0 Å². The molecule has 106 valence electrons. The molecule has 0 amide bonds. The highest BCUT2D eigenvalue weighted by molar-refractivity contribution is 5.74. The molecule has 3 heteroatoms. The van der Waals surface area contributed by atoms with Crippen LogP contribution in [0.1, 0.15) is 59.8 Å². The number of nitrogens with zero attached hydrogens (tertiary/aromatic N) is 1. The molecule has 1 aliphatic rings. The zero-order valence-electron chi connectivity index (χ0n) is 12.4. The molecule has 0 saturated heterocycles. The highest BCUT2D eigenvalue weighted by atomic mass is 16.4. The summed E-state index contributed by atoms with van der Waals surface area (Å²) in [5, 5.41) is 9.53. The largest absolute Gasteiger partial charge is 0.481 e. The second-order valence-corrected chi connectivity index (χ2v) is 6.18. The van der Waals surface area contributed by atoms with Crippen LogP contribution in [0.2, 0.25) is 0 Å². The van der Waals surface area contributed by atoms with Crippen molar-refractivity contribution in [2.75, 3.05) is 13.1 Å². The second-order valence-electron chi connectivity index (χ2n) is 6.18. The van der Waals surface area contributed by atoms with Crippen molar-refractivity contribution in [3.63, 3.8) is 0 Å². The van der Waals surface area contributed by atoms with E-state index in [9.17, 15) is 9.90 Å². The van der Waals surface area contributed by atoms with Crippen LogP contribution >= 0.6 is 0 Å². The highest BCUT2D eigenvalue weighted by Crippen LogP contribution is 2.34. The molecule has 3 nitrogen and oxygen atoms in total. The van der Waals surface area contributed by atoms with Gasteiger partial charge in [-0.15, -0.1) is 0 Å².